The van der Waals surface area contributed by atoms with Crippen molar-refractivity contribution in [1.29, 1.82) is 0 Å². The van der Waals surface area contributed by atoms with E-state index in [1.165, 1.54) is 49.7 Å². The Labute approximate surface area is 179 Å². The maximum absolute atomic E-state index is 4.05. The van der Waals surface area contributed by atoms with Crippen LogP contribution in [0.15, 0.2) is 109 Å². The van der Waals surface area contributed by atoms with Gasteiger partial charge in [0.05, 0.1) is 0 Å². The molecule has 0 aromatic heterocycles. The van der Waals surface area contributed by atoms with E-state index in [0.717, 1.165) is 10.0 Å². The van der Waals surface area contributed by atoms with Crippen molar-refractivity contribution >= 4 is 32.3 Å². The monoisotopic (exact) mass is 434 g/mol. The Hall–Kier alpha value is -3.16. The Kier molecular flexibility index (Phi) is 4.34. The van der Waals surface area contributed by atoms with Gasteiger partial charge in [0.25, 0.3) is 0 Å². The lowest BCUT2D eigenvalue weighted by Crippen LogP contribution is -1.91. The molecule has 0 atom stereocenters. The summed E-state index contributed by atoms with van der Waals surface area (Å²) in [6, 6.07) is 26.1. The second kappa shape index (κ2) is 7.02. The minimum absolute atomic E-state index is 1.07. The molecular weight excluding hydrogens is 416 g/mol. The van der Waals surface area contributed by atoms with Gasteiger partial charge in [0.2, 0.25) is 0 Å². The van der Waals surface area contributed by atoms with Crippen LogP contribution in [0, 0.1) is 0 Å². The van der Waals surface area contributed by atoms with Crippen LogP contribution in [-0.2, 0) is 0 Å². The summed E-state index contributed by atoms with van der Waals surface area (Å²) in [4.78, 5) is 0. The highest BCUT2D eigenvalue weighted by molar-refractivity contribution is 9.10. The number of hydrogen-bond acceptors (Lipinski definition) is 0. The molecule has 1 aliphatic rings. The third-order valence-corrected chi connectivity index (χ3v) is 6.33. The standard InChI is InChI=1S/C28H19Br/c1-3-9-18(4-2)23-16-26-21-14-15-27(29)22-13-8-12-20(28(21)22)25(26)17-24(23)19-10-6-5-7-11-19/h3-17H,1-2H2/b18-9+. The van der Waals surface area contributed by atoms with Crippen LogP contribution in [0.5, 0.6) is 0 Å². The van der Waals surface area contributed by atoms with E-state index in [4.69, 9.17) is 0 Å². The Morgan fingerprint density at radius 3 is 2.24 bits per heavy atom. The summed E-state index contributed by atoms with van der Waals surface area (Å²) in [6.07, 6.45) is 5.77. The van der Waals surface area contributed by atoms with Crippen LogP contribution in [0.3, 0.4) is 0 Å². The lowest BCUT2D eigenvalue weighted by molar-refractivity contribution is 1.57. The first-order chi connectivity index (χ1) is 14.2. The molecule has 29 heavy (non-hydrogen) atoms. The molecule has 0 saturated carbocycles. The largest absolute Gasteiger partial charge is 0.0990 e. The van der Waals surface area contributed by atoms with Gasteiger partial charge in [0.15, 0.2) is 0 Å². The first kappa shape index (κ1) is 17.9. The fraction of sp³-hybridized carbons (Fsp3) is 0. The van der Waals surface area contributed by atoms with Gasteiger partial charge in [-0.2, -0.15) is 0 Å². The van der Waals surface area contributed by atoms with E-state index in [-0.39, 0.29) is 0 Å². The SMILES string of the molecule is C=C/C=C(\C=C)c1cc2c(cc1-c1ccccc1)-c1cccc3c(Br)ccc-2c13. The summed E-state index contributed by atoms with van der Waals surface area (Å²) < 4.78 is 1.13. The van der Waals surface area contributed by atoms with Crippen molar-refractivity contribution in [3.8, 4) is 33.4 Å². The van der Waals surface area contributed by atoms with Crippen molar-refractivity contribution in [3.05, 3.63) is 114 Å². The summed E-state index contributed by atoms with van der Waals surface area (Å²) in [6.45, 7) is 7.94. The Morgan fingerprint density at radius 2 is 1.48 bits per heavy atom. The molecule has 0 nitrogen and oxygen atoms in total. The number of benzene rings is 4. The summed E-state index contributed by atoms with van der Waals surface area (Å²) >= 11 is 3.72. The molecule has 0 amide bonds. The summed E-state index contributed by atoms with van der Waals surface area (Å²) in [7, 11) is 0. The maximum atomic E-state index is 4.05. The molecule has 0 radical (unpaired) electrons. The van der Waals surface area contributed by atoms with Crippen LogP contribution < -0.4 is 0 Å². The first-order valence-electron chi connectivity index (χ1n) is 9.64. The van der Waals surface area contributed by atoms with Crippen LogP contribution in [0.1, 0.15) is 5.56 Å². The number of halogens is 1. The Bertz CT molecular complexity index is 1320. The molecule has 0 N–H and O–H groups in total. The van der Waals surface area contributed by atoms with Gasteiger partial charge < -0.3 is 0 Å². The fourth-order valence-electron chi connectivity index (χ4n) is 4.36. The van der Waals surface area contributed by atoms with Gasteiger partial charge in [0.1, 0.15) is 0 Å². The smallest absolute Gasteiger partial charge is 0.0254 e. The van der Waals surface area contributed by atoms with Gasteiger partial charge in [-0.05, 0) is 73.5 Å². The van der Waals surface area contributed by atoms with Crippen LogP contribution in [-0.4, -0.2) is 0 Å². The number of allylic oxidation sites excluding steroid dienone is 4. The molecule has 5 rings (SSSR count). The third kappa shape index (κ3) is 2.73. The molecule has 4 aromatic rings. The summed E-state index contributed by atoms with van der Waals surface area (Å²) in [5.74, 6) is 0. The first-order valence-corrected chi connectivity index (χ1v) is 10.4. The average Bonchev–Trinajstić information content (AvgIpc) is 3.08. The molecule has 4 aromatic carbocycles. The minimum Gasteiger partial charge on any atom is -0.0990 e. The molecule has 0 fully saturated rings. The molecule has 0 bridgehead atoms. The zero-order chi connectivity index (χ0) is 20.0. The van der Waals surface area contributed by atoms with Crippen molar-refractivity contribution in [2.24, 2.45) is 0 Å². The van der Waals surface area contributed by atoms with E-state index in [0.29, 0.717) is 0 Å². The van der Waals surface area contributed by atoms with Crippen LogP contribution in [0.4, 0.5) is 0 Å². The van der Waals surface area contributed by atoms with Crippen LogP contribution in [0.2, 0.25) is 0 Å². The molecule has 1 aliphatic carbocycles. The van der Waals surface area contributed by atoms with Crippen molar-refractivity contribution in [2.75, 3.05) is 0 Å². The zero-order valence-corrected chi connectivity index (χ0v) is 17.5. The molecule has 138 valence electrons. The lowest BCUT2D eigenvalue weighted by atomic mass is 9.89. The van der Waals surface area contributed by atoms with Gasteiger partial charge in [0, 0.05) is 4.47 Å². The summed E-state index contributed by atoms with van der Waals surface area (Å²) in [5.41, 5.74) is 9.80. The number of fused-ring (bicyclic) bond motifs is 3. The average molecular weight is 435 g/mol. The van der Waals surface area contributed by atoms with Crippen molar-refractivity contribution in [3.63, 3.8) is 0 Å². The molecule has 0 spiro atoms. The number of rotatable bonds is 4. The fourth-order valence-corrected chi connectivity index (χ4v) is 4.82. The van der Waals surface area contributed by atoms with Gasteiger partial charge in [-0.25, -0.2) is 0 Å². The normalized spacial score (nSPS) is 12.1. The van der Waals surface area contributed by atoms with Gasteiger partial charge in [-0.3, -0.25) is 0 Å². The van der Waals surface area contributed by atoms with Gasteiger partial charge in [-0.1, -0.05) is 102 Å². The Morgan fingerprint density at radius 1 is 0.724 bits per heavy atom. The van der Waals surface area contributed by atoms with Crippen LogP contribution in [0.25, 0.3) is 49.7 Å². The van der Waals surface area contributed by atoms with Crippen molar-refractivity contribution in [1.82, 2.24) is 0 Å². The van der Waals surface area contributed by atoms with Crippen molar-refractivity contribution < 1.29 is 0 Å². The second-order valence-corrected chi connectivity index (χ2v) is 8.05. The summed E-state index contributed by atoms with van der Waals surface area (Å²) in [5, 5.41) is 2.57. The predicted octanol–water partition coefficient (Wildman–Crippen LogP) is 8.67. The van der Waals surface area contributed by atoms with E-state index in [9.17, 15) is 0 Å². The maximum Gasteiger partial charge on any atom is 0.0254 e. The van der Waals surface area contributed by atoms with E-state index in [1.54, 1.807) is 0 Å². The quantitative estimate of drug-likeness (QED) is 0.248. The molecule has 0 saturated heterocycles. The molecule has 0 heterocycles. The second-order valence-electron chi connectivity index (χ2n) is 7.19. The number of hydrogen-bond donors (Lipinski definition) is 0. The highest BCUT2D eigenvalue weighted by Gasteiger charge is 2.24. The predicted molar refractivity (Wildman–Crippen MR) is 130 cm³/mol. The van der Waals surface area contributed by atoms with E-state index in [2.05, 4.69) is 102 Å². The Balaban J connectivity index is 1.89. The third-order valence-electron chi connectivity index (χ3n) is 5.64. The van der Waals surface area contributed by atoms with Gasteiger partial charge in [-0.15, -0.1) is 0 Å². The molecule has 0 aliphatic heterocycles. The molecule has 1 heteroatoms. The highest BCUT2D eigenvalue weighted by Crippen LogP contribution is 2.51. The molecule has 0 unspecified atom stereocenters. The van der Waals surface area contributed by atoms with E-state index >= 15 is 0 Å². The van der Waals surface area contributed by atoms with E-state index < -0.39 is 0 Å². The van der Waals surface area contributed by atoms with Crippen LogP contribution >= 0.6 is 15.9 Å². The zero-order valence-electron chi connectivity index (χ0n) is 16.0. The lowest BCUT2D eigenvalue weighted by Gasteiger charge is -2.15. The molecular formula is C28H19Br. The van der Waals surface area contributed by atoms with E-state index in [1.807, 2.05) is 18.2 Å². The minimum atomic E-state index is 1.07. The highest BCUT2D eigenvalue weighted by atomic mass is 79.9. The topological polar surface area (TPSA) is 0 Å². The van der Waals surface area contributed by atoms with Crippen molar-refractivity contribution in [2.45, 2.75) is 0 Å². The van der Waals surface area contributed by atoms with Gasteiger partial charge >= 0.3 is 0 Å².